The molecular formula is C10H13NO4. The molecule has 0 aromatic rings. The van der Waals surface area contributed by atoms with Crippen LogP contribution in [0.5, 0.6) is 0 Å². The van der Waals surface area contributed by atoms with Crippen LogP contribution in [0.1, 0.15) is 12.8 Å². The number of ether oxygens (including phenoxy) is 1. The van der Waals surface area contributed by atoms with Crippen LogP contribution in [0.15, 0.2) is 23.8 Å². The monoisotopic (exact) mass is 211 g/mol. The van der Waals surface area contributed by atoms with E-state index in [1.165, 1.54) is 7.11 Å². The number of alkyl carbamates (subject to hydrolysis) is 1. The summed E-state index contributed by atoms with van der Waals surface area (Å²) in [5, 5.41) is 11.2. The molecular weight excluding hydrogens is 198 g/mol. The fourth-order valence-electron chi connectivity index (χ4n) is 1.35. The fraction of sp³-hybridized carbons (Fsp3) is 0.400. The summed E-state index contributed by atoms with van der Waals surface area (Å²) in [4.78, 5) is 21.8. The molecule has 0 fully saturated rings. The number of allylic oxidation sites excluding steroid dienone is 3. The van der Waals surface area contributed by atoms with Gasteiger partial charge in [-0.3, -0.25) is 0 Å². The minimum Gasteiger partial charge on any atom is -0.479 e. The molecule has 0 heterocycles. The van der Waals surface area contributed by atoms with Gasteiger partial charge in [0.1, 0.15) is 0 Å². The van der Waals surface area contributed by atoms with E-state index < -0.39 is 18.1 Å². The van der Waals surface area contributed by atoms with Crippen LogP contribution in [0, 0.1) is 0 Å². The third-order valence-electron chi connectivity index (χ3n) is 2.11. The molecule has 0 bridgehead atoms. The third-order valence-corrected chi connectivity index (χ3v) is 2.11. The van der Waals surface area contributed by atoms with Gasteiger partial charge < -0.3 is 15.2 Å². The van der Waals surface area contributed by atoms with E-state index in [9.17, 15) is 9.59 Å². The lowest BCUT2D eigenvalue weighted by Crippen LogP contribution is -2.42. The Morgan fingerprint density at radius 1 is 1.60 bits per heavy atom. The Hall–Kier alpha value is -1.78. The van der Waals surface area contributed by atoms with Gasteiger partial charge in [-0.1, -0.05) is 18.2 Å². The highest BCUT2D eigenvalue weighted by molar-refractivity contribution is 5.83. The Kier molecular flexibility index (Phi) is 3.91. The van der Waals surface area contributed by atoms with Gasteiger partial charge in [0.2, 0.25) is 0 Å². The minimum absolute atomic E-state index is 0.636. The van der Waals surface area contributed by atoms with Gasteiger partial charge in [0, 0.05) is 0 Å². The van der Waals surface area contributed by atoms with Crippen LogP contribution in [0.4, 0.5) is 4.79 Å². The van der Waals surface area contributed by atoms with E-state index in [1.54, 1.807) is 12.2 Å². The Morgan fingerprint density at radius 2 is 2.33 bits per heavy atom. The van der Waals surface area contributed by atoms with Crippen LogP contribution < -0.4 is 5.32 Å². The average Bonchev–Trinajstić information content (AvgIpc) is 2.26. The minimum atomic E-state index is -1.08. The molecule has 0 aromatic carbocycles. The number of carboxylic acid groups (broad SMARTS) is 1. The standard InChI is InChI=1S/C10H13NO4/c1-15-10(14)11-8(9(12)13)7-5-3-2-4-6-7/h2-3,5,8H,4,6H2,1H3,(H,11,14)(H,12,13)/t8-/m1/s1. The summed E-state index contributed by atoms with van der Waals surface area (Å²) in [6, 6.07) is -0.998. The van der Waals surface area contributed by atoms with Crippen molar-refractivity contribution in [2.75, 3.05) is 7.11 Å². The molecule has 15 heavy (non-hydrogen) atoms. The molecule has 0 spiro atoms. The second-order valence-corrected chi connectivity index (χ2v) is 3.12. The van der Waals surface area contributed by atoms with E-state index >= 15 is 0 Å². The smallest absolute Gasteiger partial charge is 0.407 e. The van der Waals surface area contributed by atoms with Crippen molar-refractivity contribution in [2.24, 2.45) is 0 Å². The van der Waals surface area contributed by atoms with Crippen LogP contribution in [-0.4, -0.2) is 30.3 Å². The van der Waals surface area contributed by atoms with E-state index in [0.29, 0.717) is 12.0 Å². The molecule has 1 rings (SSSR count). The van der Waals surface area contributed by atoms with Crippen molar-refractivity contribution in [1.82, 2.24) is 5.32 Å². The van der Waals surface area contributed by atoms with Crippen LogP contribution in [-0.2, 0) is 9.53 Å². The van der Waals surface area contributed by atoms with E-state index in [1.807, 2.05) is 6.08 Å². The van der Waals surface area contributed by atoms with Crippen molar-refractivity contribution >= 4 is 12.1 Å². The van der Waals surface area contributed by atoms with Gasteiger partial charge >= 0.3 is 12.1 Å². The number of carbonyl (C=O) groups excluding carboxylic acids is 1. The zero-order chi connectivity index (χ0) is 11.3. The van der Waals surface area contributed by atoms with Gasteiger partial charge in [-0.05, 0) is 18.4 Å². The summed E-state index contributed by atoms with van der Waals surface area (Å²) in [6.45, 7) is 0. The van der Waals surface area contributed by atoms with Crippen LogP contribution in [0.3, 0.4) is 0 Å². The number of hydrogen-bond donors (Lipinski definition) is 2. The number of rotatable bonds is 3. The molecule has 1 atom stereocenters. The molecule has 82 valence electrons. The Morgan fingerprint density at radius 3 is 2.80 bits per heavy atom. The number of nitrogens with one attached hydrogen (secondary N) is 1. The Bertz CT molecular complexity index is 319. The summed E-state index contributed by atoms with van der Waals surface area (Å²) in [7, 11) is 1.20. The predicted molar refractivity (Wildman–Crippen MR) is 53.4 cm³/mol. The summed E-state index contributed by atoms with van der Waals surface area (Å²) in [5.41, 5.74) is 0.676. The highest BCUT2D eigenvalue weighted by atomic mass is 16.5. The average molecular weight is 211 g/mol. The first-order chi connectivity index (χ1) is 7.15. The van der Waals surface area contributed by atoms with Crippen LogP contribution >= 0.6 is 0 Å². The number of carbonyl (C=O) groups is 2. The SMILES string of the molecule is COC(=O)N[C@@H](C(=O)O)C1=CC=CCC1. The van der Waals surface area contributed by atoms with Gasteiger partial charge in [0.15, 0.2) is 6.04 Å². The first-order valence-corrected chi connectivity index (χ1v) is 4.58. The van der Waals surface area contributed by atoms with Crippen molar-refractivity contribution in [3.05, 3.63) is 23.8 Å². The summed E-state index contributed by atoms with van der Waals surface area (Å²) < 4.78 is 4.36. The maximum atomic E-state index is 10.9. The van der Waals surface area contributed by atoms with Crippen molar-refractivity contribution in [2.45, 2.75) is 18.9 Å². The molecule has 0 aliphatic heterocycles. The van der Waals surface area contributed by atoms with Gasteiger partial charge in [-0.25, -0.2) is 9.59 Å². The topological polar surface area (TPSA) is 75.6 Å². The van der Waals surface area contributed by atoms with E-state index in [0.717, 1.165) is 6.42 Å². The van der Waals surface area contributed by atoms with Gasteiger partial charge in [0.25, 0.3) is 0 Å². The van der Waals surface area contributed by atoms with Gasteiger partial charge in [0.05, 0.1) is 7.11 Å². The van der Waals surface area contributed by atoms with Crippen molar-refractivity contribution in [1.29, 1.82) is 0 Å². The lowest BCUT2D eigenvalue weighted by molar-refractivity contribution is -0.138. The number of carboxylic acids is 1. The quantitative estimate of drug-likeness (QED) is 0.732. The molecule has 0 unspecified atom stereocenters. The molecule has 5 heteroatoms. The lowest BCUT2D eigenvalue weighted by Gasteiger charge is -2.18. The molecule has 1 aliphatic rings. The molecule has 0 saturated heterocycles. The van der Waals surface area contributed by atoms with Gasteiger partial charge in [-0.15, -0.1) is 0 Å². The first kappa shape index (κ1) is 11.3. The third kappa shape index (κ3) is 3.12. The summed E-state index contributed by atoms with van der Waals surface area (Å²) in [5.74, 6) is -1.08. The van der Waals surface area contributed by atoms with Crippen molar-refractivity contribution < 1.29 is 19.4 Å². The van der Waals surface area contributed by atoms with E-state index in [-0.39, 0.29) is 0 Å². The number of aliphatic carboxylic acids is 1. The second-order valence-electron chi connectivity index (χ2n) is 3.12. The first-order valence-electron chi connectivity index (χ1n) is 4.58. The van der Waals surface area contributed by atoms with E-state index in [4.69, 9.17) is 5.11 Å². The molecule has 0 saturated carbocycles. The highest BCUT2D eigenvalue weighted by Gasteiger charge is 2.24. The predicted octanol–water partition coefficient (Wildman–Crippen LogP) is 1.07. The maximum Gasteiger partial charge on any atom is 0.407 e. The molecule has 0 radical (unpaired) electrons. The van der Waals surface area contributed by atoms with Crippen LogP contribution in [0.2, 0.25) is 0 Å². The molecule has 1 aliphatic carbocycles. The fourth-order valence-corrected chi connectivity index (χ4v) is 1.35. The molecule has 5 nitrogen and oxygen atoms in total. The number of amides is 1. The van der Waals surface area contributed by atoms with Gasteiger partial charge in [-0.2, -0.15) is 0 Å². The molecule has 1 amide bonds. The van der Waals surface area contributed by atoms with Crippen molar-refractivity contribution in [3.8, 4) is 0 Å². The second kappa shape index (κ2) is 5.19. The molecule has 2 N–H and O–H groups in total. The number of methoxy groups -OCH3 is 1. The lowest BCUT2D eigenvalue weighted by atomic mass is 9.98. The zero-order valence-electron chi connectivity index (χ0n) is 8.40. The normalized spacial score (nSPS) is 16.5. The summed E-state index contributed by atoms with van der Waals surface area (Å²) >= 11 is 0. The summed E-state index contributed by atoms with van der Waals surface area (Å²) in [6.07, 6.45) is 6.13. The Labute approximate surface area is 87.4 Å². The zero-order valence-corrected chi connectivity index (χ0v) is 8.40. The number of hydrogen-bond acceptors (Lipinski definition) is 3. The van der Waals surface area contributed by atoms with Crippen LogP contribution in [0.25, 0.3) is 0 Å². The largest absolute Gasteiger partial charge is 0.479 e. The van der Waals surface area contributed by atoms with Crippen molar-refractivity contribution in [3.63, 3.8) is 0 Å². The highest BCUT2D eigenvalue weighted by Crippen LogP contribution is 2.16. The maximum absolute atomic E-state index is 10.9. The van der Waals surface area contributed by atoms with E-state index in [2.05, 4.69) is 10.1 Å². The molecule has 0 aromatic heterocycles. The Balaban J connectivity index is 2.73.